The minimum Gasteiger partial charge on any atom is -0.379 e. The van der Waals surface area contributed by atoms with Gasteiger partial charge in [0, 0.05) is 26.6 Å². The second-order valence-electron chi connectivity index (χ2n) is 11.0. The Morgan fingerprint density at radius 3 is 1.95 bits per heavy atom. The van der Waals surface area contributed by atoms with Crippen molar-refractivity contribution in [1.29, 1.82) is 0 Å². The zero-order chi connectivity index (χ0) is 31.7. The second-order valence-corrected chi connectivity index (χ2v) is 11.0. The van der Waals surface area contributed by atoms with Crippen molar-refractivity contribution < 1.29 is 42.2 Å². The fourth-order valence-corrected chi connectivity index (χ4v) is 4.86. The molecular weight excluding hydrogens is 578 g/mol. The van der Waals surface area contributed by atoms with Gasteiger partial charge in [0.25, 0.3) is 5.91 Å². The monoisotopic (exact) mass is 616 g/mol. The van der Waals surface area contributed by atoms with Crippen molar-refractivity contribution in [3.8, 4) is 0 Å². The Kier molecular flexibility index (Phi) is 11.1. The summed E-state index contributed by atoms with van der Waals surface area (Å²) < 4.78 is 45.1. The molecule has 238 valence electrons. The zero-order valence-corrected chi connectivity index (χ0v) is 24.7. The van der Waals surface area contributed by atoms with Crippen molar-refractivity contribution in [2.45, 2.75) is 49.6 Å². The molecule has 4 atom stereocenters. The average molecular weight is 617 g/mol. The largest absolute Gasteiger partial charge is 0.384 e. The number of benzene rings is 2. The Morgan fingerprint density at radius 1 is 0.886 bits per heavy atom. The summed E-state index contributed by atoms with van der Waals surface area (Å²) in [6, 6.07) is 12.4. The molecule has 2 aliphatic rings. The van der Waals surface area contributed by atoms with E-state index in [0.29, 0.717) is 44.5 Å². The number of amides is 3. The number of morpholine rings is 1. The molecule has 0 spiro atoms. The van der Waals surface area contributed by atoms with Crippen LogP contribution in [0.3, 0.4) is 0 Å². The highest BCUT2D eigenvalue weighted by atomic mass is 19.3. The molecule has 11 nitrogen and oxygen atoms in total. The van der Waals surface area contributed by atoms with Crippen LogP contribution in [0.15, 0.2) is 60.7 Å². The number of halogens is 2. The van der Waals surface area contributed by atoms with Gasteiger partial charge in [-0.1, -0.05) is 60.7 Å². The summed E-state index contributed by atoms with van der Waals surface area (Å²) in [7, 11) is 0.698. The van der Waals surface area contributed by atoms with Gasteiger partial charge in [-0.3, -0.25) is 24.1 Å². The van der Waals surface area contributed by atoms with E-state index in [1.807, 2.05) is 4.90 Å². The number of ketones is 1. The third kappa shape index (κ3) is 9.11. The number of hydrogen-bond acceptors (Lipinski definition) is 8. The third-order valence-electron chi connectivity index (χ3n) is 7.58. The number of carbonyl (C=O) groups is 4. The number of carbonyl (C=O) groups excluding carboxylic acids is 4. The molecule has 2 saturated heterocycles. The van der Waals surface area contributed by atoms with Gasteiger partial charge in [-0.05, 0) is 24.5 Å². The van der Waals surface area contributed by atoms with Crippen molar-refractivity contribution >= 4 is 23.5 Å². The molecule has 2 aromatic carbocycles. The molecule has 3 amide bonds. The molecule has 0 bridgehead atoms. The van der Waals surface area contributed by atoms with Crippen LogP contribution in [0.1, 0.15) is 18.1 Å². The van der Waals surface area contributed by atoms with Gasteiger partial charge < -0.3 is 30.2 Å². The summed E-state index contributed by atoms with van der Waals surface area (Å²) in [5.74, 6) is -3.34. The van der Waals surface area contributed by atoms with Crippen LogP contribution in [0.5, 0.6) is 0 Å². The summed E-state index contributed by atoms with van der Waals surface area (Å²) >= 11 is 0. The van der Waals surface area contributed by atoms with E-state index in [1.54, 1.807) is 67.6 Å². The third-order valence-corrected chi connectivity index (χ3v) is 7.58. The number of rotatable bonds is 15. The molecule has 2 heterocycles. The molecule has 2 aromatic rings. The lowest BCUT2D eigenvalue weighted by atomic mass is 9.94. The Bertz CT molecular complexity index is 1290. The molecule has 0 unspecified atom stereocenters. The van der Waals surface area contributed by atoms with E-state index in [1.165, 1.54) is 0 Å². The normalized spacial score (nSPS) is 20.5. The minimum absolute atomic E-state index is 0.0117. The maximum Gasteiger partial charge on any atom is 0.384 e. The molecule has 2 aliphatic heterocycles. The maximum atomic E-state index is 15.1. The number of nitrogens with zero attached hydrogens (tertiary/aromatic N) is 1. The maximum absolute atomic E-state index is 15.1. The molecule has 13 heteroatoms. The summed E-state index contributed by atoms with van der Waals surface area (Å²) in [5.41, 5.74) is 0.186. The van der Waals surface area contributed by atoms with Crippen molar-refractivity contribution in [2.24, 2.45) is 0 Å². The van der Waals surface area contributed by atoms with Gasteiger partial charge in [-0.25, -0.2) is 0 Å². The smallest absolute Gasteiger partial charge is 0.379 e. The first-order chi connectivity index (χ1) is 21.0. The first-order valence-corrected chi connectivity index (χ1v) is 14.4. The van der Waals surface area contributed by atoms with Gasteiger partial charge in [-0.15, -0.1) is 0 Å². The first kappa shape index (κ1) is 33.1. The van der Waals surface area contributed by atoms with Gasteiger partial charge in [0.1, 0.15) is 11.6 Å². The number of nitrogens with one attached hydrogen (secondary N) is 3. The molecule has 0 aromatic heterocycles. The fraction of sp³-hybridized carbons (Fsp3) is 0.484. The fourth-order valence-electron chi connectivity index (χ4n) is 4.86. The van der Waals surface area contributed by atoms with E-state index in [9.17, 15) is 19.2 Å². The van der Waals surface area contributed by atoms with Crippen LogP contribution in [0.2, 0.25) is 0 Å². The highest BCUT2D eigenvalue weighted by Gasteiger charge is 2.52. The van der Waals surface area contributed by atoms with E-state index in [0.717, 1.165) is 0 Å². The van der Waals surface area contributed by atoms with Gasteiger partial charge >= 0.3 is 6.11 Å². The van der Waals surface area contributed by atoms with Crippen LogP contribution < -0.4 is 16.0 Å². The predicted molar refractivity (Wildman–Crippen MR) is 155 cm³/mol. The number of ether oxygens (including phenoxy) is 3. The number of epoxide rings is 1. The quantitative estimate of drug-likeness (QED) is 0.251. The second kappa shape index (κ2) is 14.8. The highest BCUT2D eigenvalue weighted by molar-refractivity contribution is 5.99. The molecule has 2 fully saturated rings. The topological polar surface area (TPSA) is 139 Å². The Morgan fingerprint density at radius 2 is 1.43 bits per heavy atom. The lowest BCUT2D eigenvalue weighted by Crippen LogP contribution is -2.63. The first-order valence-electron chi connectivity index (χ1n) is 14.4. The highest BCUT2D eigenvalue weighted by Crippen LogP contribution is 2.29. The van der Waals surface area contributed by atoms with E-state index in [2.05, 4.69) is 20.7 Å². The standard InChI is InChI=1S/C31H38F2N4O7/c1-30(20-44-30)27(39)23(17-21-9-5-3-6-10-21)35-29(41)26(31(32,33)42-2)36-28(40)24(18-22-11-7-4-8-12-22)34-25(38)19-37-13-15-43-16-14-37/h3-12,23-24,26H,13-20H2,1-2H3,(H,34,38)(H,35,41)(H,36,40)/t23-,24-,26-,30+/m0/s1. The van der Waals surface area contributed by atoms with E-state index >= 15 is 8.78 Å². The average Bonchev–Trinajstić information content (AvgIpc) is 3.78. The van der Waals surface area contributed by atoms with E-state index in [4.69, 9.17) is 9.47 Å². The Labute approximate surface area is 254 Å². The summed E-state index contributed by atoms with van der Waals surface area (Å²) in [5, 5.41) is 7.10. The lowest BCUT2D eigenvalue weighted by molar-refractivity contribution is -0.238. The number of methoxy groups -OCH3 is 1. The van der Waals surface area contributed by atoms with Gasteiger partial charge in [0.05, 0.1) is 32.4 Å². The summed E-state index contributed by atoms with van der Waals surface area (Å²) in [4.78, 5) is 54.9. The van der Waals surface area contributed by atoms with Gasteiger partial charge in [0.15, 0.2) is 11.8 Å². The zero-order valence-electron chi connectivity index (χ0n) is 24.7. The van der Waals surface area contributed by atoms with Crippen LogP contribution in [-0.4, -0.2) is 105 Å². The van der Waals surface area contributed by atoms with E-state index < -0.39 is 53.3 Å². The molecule has 3 N–H and O–H groups in total. The minimum atomic E-state index is -4.16. The molecule has 0 radical (unpaired) electrons. The molecule has 4 rings (SSSR count). The summed E-state index contributed by atoms with van der Waals surface area (Å²) in [6.07, 6.45) is -4.17. The van der Waals surface area contributed by atoms with Crippen LogP contribution in [0, 0.1) is 0 Å². The van der Waals surface area contributed by atoms with Gasteiger partial charge in [0.2, 0.25) is 11.8 Å². The molecular formula is C31H38F2N4O7. The Balaban J connectivity index is 1.52. The van der Waals surface area contributed by atoms with Crippen molar-refractivity contribution in [2.75, 3.05) is 46.6 Å². The SMILES string of the molecule is COC(F)(F)[C@@H](NC(=O)[C@H](Cc1ccccc1)NC(=O)CN1CCOCC1)C(=O)N[C@@H](Cc1ccccc1)C(=O)[C@@]1(C)CO1. The van der Waals surface area contributed by atoms with Crippen LogP contribution in [-0.2, 0) is 46.2 Å². The number of hydrogen-bond donors (Lipinski definition) is 3. The lowest BCUT2D eigenvalue weighted by Gasteiger charge is -2.30. The number of alkyl halides is 2. The van der Waals surface area contributed by atoms with Gasteiger partial charge in [-0.2, -0.15) is 8.78 Å². The number of Topliss-reactive ketones (excluding diaryl/α,β-unsaturated/α-hetero) is 1. The summed E-state index contributed by atoms with van der Waals surface area (Å²) in [6.45, 7) is 3.63. The van der Waals surface area contributed by atoms with Crippen molar-refractivity contribution in [1.82, 2.24) is 20.9 Å². The predicted octanol–water partition coefficient (Wildman–Crippen LogP) is 0.856. The molecule has 0 saturated carbocycles. The van der Waals surface area contributed by atoms with Crippen LogP contribution in [0.25, 0.3) is 0 Å². The molecule has 0 aliphatic carbocycles. The van der Waals surface area contributed by atoms with Crippen molar-refractivity contribution in [3.05, 3.63) is 71.8 Å². The van der Waals surface area contributed by atoms with Crippen molar-refractivity contribution in [3.63, 3.8) is 0 Å². The van der Waals surface area contributed by atoms with Crippen LogP contribution >= 0.6 is 0 Å². The Hall–Kier alpha value is -3.78. The van der Waals surface area contributed by atoms with Crippen LogP contribution in [0.4, 0.5) is 8.78 Å². The van der Waals surface area contributed by atoms with E-state index in [-0.39, 0.29) is 26.0 Å². The molecule has 44 heavy (non-hydrogen) atoms.